The second-order valence-corrected chi connectivity index (χ2v) is 5.03. The molecule has 0 aromatic heterocycles. The maximum absolute atomic E-state index is 12.2. The smallest absolute Gasteiger partial charge is 0.338 e. The van der Waals surface area contributed by atoms with Crippen LogP contribution in [0.1, 0.15) is 47.4 Å². The fourth-order valence-electron chi connectivity index (χ4n) is 2.27. The van der Waals surface area contributed by atoms with Crippen molar-refractivity contribution in [1.29, 1.82) is 0 Å². The standard InChI is InChI=1S/C17H26N2O3/c1-4-19(5-2)13-9-8-12-18-16(20)14-10-6-7-11-15(14)17(21)22-3/h6-7,10-11H,4-5,8-9,12-13H2,1-3H3,(H,18,20). The second kappa shape index (κ2) is 9.95. The zero-order valence-corrected chi connectivity index (χ0v) is 13.7. The third-order valence-electron chi connectivity index (χ3n) is 3.66. The van der Waals surface area contributed by atoms with Crippen LogP contribution in [-0.2, 0) is 4.74 Å². The van der Waals surface area contributed by atoms with Crippen molar-refractivity contribution in [2.24, 2.45) is 0 Å². The van der Waals surface area contributed by atoms with Gasteiger partial charge in [-0.15, -0.1) is 0 Å². The molecular weight excluding hydrogens is 280 g/mol. The summed E-state index contributed by atoms with van der Waals surface area (Å²) >= 11 is 0. The van der Waals surface area contributed by atoms with Crippen LogP contribution in [-0.4, -0.2) is 50.1 Å². The van der Waals surface area contributed by atoms with Gasteiger partial charge in [-0.25, -0.2) is 4.79 Å². The number of carbonyl (C=O) groups excluding carboxylic acids is 2. The second-order valence-electron chi connectivity index (χ2n) is 5.03. The number of hydrogen-bond acceptors (Lipinski definition) is 4. The number of carbonyl (C=O) groups is 2. The van der Waals surface area contributed by atoms with E-state index in [4.69, 9.17) is 4.74 Å². The maximum Gasteiger partial charge on any atom is 0.338 e. The van der Waals surface area contributed by atoms with Crippen LogP contribution in [0.4, 0.5) is 0 Å². The Morgan fingerprint density at radius 3 is 2.32 bits per heavy atom. The third-order valence-corrected chi connectivity index (χ3v) is 3.66. The highest BCUT2D eigenvalue weighted by Crippen LogP contribution is 2.10. The topological polar surface area (TPSA) is 58.6 Å². The van der Waals surface area contributed by atoms with Crippen LogP contribution >= 0.6 is 0 Å². The minimum absolute atomic E-state index is 0.233. The van der Waals surface area contributed by atoms with Gasteiger partial charge in [0.25, 0.3) is 5.91 Å². The first kappa shape index (κ1) is 18.2. The molecule has 1 amide bonds. The summed E-state index contributed by atoms with van der Waals surface area (Å²) in [5.74, 6) is -0.726. The summed E-state index contributed by atoms with van der Waals surface area (Å²) in [6.07, 6.45) is 1.96. The summed E-state index contributed by atoms with van der Waals surface area (Å²) in [6.45, 7) is 8.05. The highest BCUT2D eigenvalue weighted by atomic mass is 16.5. The zero-order chi connectivity index (χ0) is 16.4. The van der Waals surface area contributed by atoms with E-state index in [0.717, 1.165) is 32.5 Å². The molecule has 0 aliphatic heterocycles. The normalized spacial score (nSPS) is 10.5. The molecule has 0 fully saturated rings. The first-order chi connectivity index (χ1) is 10.6. The summed E-state index contributed by atoms with van der Waals surface area (Å²) in [4.78, 5) is 26.2. The first-order valence-corrected chi connectivity index (χ1v) is 7.81. The van der Waals surface area contributed by atoms with Gasteiger partial charge in [0.05, 0.1) is 18.2 Å². The van der Waals surface area contributed by atoms with E-state index < -0.39 is 5.97 Å². The van der Waals surface area contributed by atoms with Crippen LogP contribution in [0, 0.1) is 0 Å². The predicted octanol–water partition coefficient (Wildman–Crippen LogP) is 2.33. The molecule has 0 unspecified atom stereocenters. The number of ether oxygens (including phenoxy) is 1. The number of esters is 1. The SMILES string of the molecule is CCN(CC)CCCCNC(=O)c1ccccc1C(=O)OC. The molecule has 0 radical (unpaired) electrons. The van der Waals surface area contributed by atoms with Crippen molar-refractivity contribution < 1.29 is 14.3 Å². The van der Waals surface area contributed by atoms with Gasteiger partial charge in [0.2, 0.25) is 0 Å². The molecule has 0 bridgehead atoms. The third kappa shape index (κ3) is 5.48. The Morgan fingerprint density at radius 2 is 1.73 bits per heavy atom. The molecule has 22 heavy (non-hydrogen) atoms. The lowest BCUT2D eigenvalue weighted by Crippen LogP contribution is -2.28. The van der Waals surface area contributed by atoms with Crippen molar-refractivity contribution in [3.63, 3.8) is 0 Å². The number of benzene rings is 1. The molecule has 0 aliphatic rings. The Labute approximate surface area is 132 Å². The number of unbranched alkanes of at least 4 members (excludes halogenated alkanes) is 1. The predicted molar refractivity (Wildman–Crippen MR) is 87.1 cm³/mol. The number of nitrogens with zero attached hydrogens (tertiary/aromatic N) is 1. The van der Waals surface area contributed by atoms with E-state index in [1.54, 1.807) is 24.3 Å². The summed E-state index contributed by atoms with van der Waals surface area (Å²) in [5, 5.41) is 2.86. The van der Waals surface area contributed by atoms with Crippen molar-refractivity contribution in [1.82, 2.24) is 10.2 Å². The van der Waals surface area contributed by atoms with Crippen molar-refractivity contribution in [2.45, 2.75) is 26.7 Å². The average Bonchev–Trinajstić information content (AvgIpc) is 2.57. The Bertz CT molecular complexity index is 485. The van der Waals surface area contributed by atoms with Crippen molar-refractivity contribution in [2.75, 3.05) is 33.3 Å². The van der Waals surface area contributed by atoms with Crippen molar-refractivity contribution >= 4 is 11.9 Å². The van der Waals surface area contributed by atoms with Gasteiger partial charge >= 0.3 is 5.97 Å². The minimum atomic E-state index is -0.493. The Kier molecular flexibility index (Phi) is 8.22. The van der Waals surface area contributed by atoms with Gasteiger partial charge < -0.3 is 15.0 Å². The summed E-state index contributed by atoms with van der Waals surface area (Å²) in [5.41, 5.74) is 0.656. The van der Waals surface area contributed by atoms with E-state index in [1.807, 2.05) is 0 Å². The minimum Gasteiger partial charge on any atom is -0.465 e. The summed E-state index contributed by atoms with van der Waals surface area (Å²) in [6, 6.07) is 6.69. The molecule has 0 atom stereocenters. The van der Waals surface area contributed by atoms with Crippen molar-refractivity contribution in [3.05, 3.63) is 35.4 Å². The highest BCUT2D eigenvalue weighted by Gasteiger charge is 2.16. The quantitative estimate of drug-likeness (QED) is 0.562. The van der Waals surface area contributed by atoms with E-state index in [9.17, 15) is 9.59 Å². The highest BCUT2D eigenvalue weighted by molar-refractivity contribution is 6.05. The van der Waals surface area contributed by atoms with Crippen LogP contribution in [0.15, 0.2) is 24.3 Å². The lowest BCUT2D eigenvalue weighted by atomic mass is 10.1. The van der Waals surface area contributed by atoms with E-state index in [2.05, 4.69) is 24.1 Å². The van der Waals surface area contributed by atoms with Crippen LogP contribution < -0.4 is 5.32 Å². The van der Waals surface area contributed by atoms with Crippen LogP contribution in [0.2, 0.25) is 0 Å². The average molecular weight is 306 g/mol. The van der Waals surface area contributed by atoms with E-state index >= 15 is 0 Å². The molecule has 1 aromatic rings. The molecule has 122 valence electrons. The molecule has 0 saturated carbocycles. The number of amides is 1. The molecule has 1 N–H and O–H groups in total. The largest absolute Gasteiger partial charge is 0.465 e. The molecule has 0 saturated heterocycles. The van der Waals surface area contributed by atoms with Crippen LogP contribution in [0.5, 0.6) is 0 Å². The van der Waals surface area contributed by atoms with E-state index in [1.165, 1.54) is 7.11 Å². The van der Waals surface area contributed by atoms with Crippen LogP contribution in [0.3, 0.4) is 0 Å². The molecule has 1 aromatic carbocycles. The number of nitrogens with one attached hydrogen (secondary N) is 1. The zero-order valence-electron chi connectivity index (χ0n) is 13.7. The van der Waals surface area contributed by atoms with Gasteiger partial charge in [-0.3, -0.25) is 4.79 Å². The first-order valence-electron chi connectivity index (χ1n) is 7.81. The van der Waals surface area contributed by atoms with Crippen molar-refractivity contribution in [3.8, 4) is 0 Å². The van der Waals surface area contributed by atoms with E-state index in [0.29, 0.717) is 17.7 Å². The van der Waals surface area contributed by atoms with Gasteiger partial charge in [0.15, 0.2) is 0 Å². The molecule has 5 nitrogen and oxygen atoms in total. The Hall–Kier alpha value is -1.88. The molecule has 0 heterocycles. The lowest BCUT2D eigenvalue weighted by molar-refractivity contribution is 0.0596. The van der Waals surface area contributed by atoms with Gasteiger partial charge in [-0.2, -0.15) is 0 Å². The Morgan fingerprint density at radius 1 is 1.09 bits per heavy atom. The van der Waals surface area contributed by atoms with Gasteiger partial charge in [-0.1, -0.05) is 26.0 Å². The number of methoxy groups -OCH3 is 1. The fraction of sp³-hybridized carbons (Fsp3) is 0.529. The molecule has 0 spiro atoms. The van der Waals surface area contributed by atoms with Gasteiger partial charge in [0.1, 0.15) is 0 Å². The summed E-state index contributed by atoms with van der Waals surface area (Å²) < 4.78 is 4.70. The molecule has 5 heteroatoms. The van der Waals surface area contributed by atoms with Gasteiger partial charge in [-0.05, 0) is 44.6 Å². The molecule has 0 aliphatic carbocycles. The summed E-state index contributed by atoms with van der Waals surface area (Å²) in [7, 11) is 1.31. The van der Waals surface area contributed by atoms with Crippen LogP contribution in [0.25, 0.3) is 0 Å². The van der Waals surface area contributed by atoms with E-state index in [-0.39, 0.29) is 5.91 Å². The molecular formula is C17H26N2O3. The molecule has 1 rings (SSSR count). The lowest BCUT2D eigenvalue weighted by Gasteiger charge is -2.17. The number of hydrogen-bond donors (Lipinski definition) is 1. The number of rotatable bonds is 9. The van der Waals surface area contributed by atoms with Gasteiger partial charge in [0, 0.05) is 6.54 Å². The monoisotopic (exact) mass is 306 g/mol. The fourth-order valence-corrected chi connectivity index (χ4v) is 2.27. The maximum atomic E-state index is 12.2. The Balaban J connectivity index is 2.45.